The van der Waals surface area contributed by atoms with Crippen LogP contribution in [0.4, 0.5) is 4.79 Å². The van der Waals surface area contributed by atoms with E-state index in [1.54, 1.807) is 10.9 Å². The first kappa shape index (κ1) is 20.3. The lowest BCUT2D eigenvalue weighted by Crippen LogP contribution is -2.41. The molecule has 0 aliphatic carbocycles. The average Bonchev–Trinajstić information content (AvgIpc) is 3.40. The third-order valence-corrected chi connectivity index (χ3v) is 5.00. The Morgan fingerprint density at radius 3 is 2.58 bits per heavy atom. The van der Waals surface area contributed by atoms with Gasteiger partial charge in [0.25, 0.3) is 5.91 Å². The Kier molecular flexibility index (Phi) is 5.53. The third kappa shape index (κ3) is 4.18. The van der Waals surface area contributed by atoms with E-state index in [0.29, 0.717) is 12.2 Å². The first-order chi connectivity index (χ1) is 14.9. The number of carbonyl (C=O) groups is 3. The minimum absolute atomic E-state index is 0.236. The maximum absolute atomic E-state index is 13.0. The van der Waals surface area contributed by atoms with Gasteiger partial charge in [0.15, 0.2) is 6.10 Å². The van der Waals surface area contributed by atoms with Crippen molar-refractivity contribution >= 4 is 17.9 Å². The molecule has 158 valence electrons. The minimum Gasteiger partial charge on any atom is -0.449 e. The zero-order valence-electron chi connectivity index (χ0n) is 17.2. The number of hydrogen-bond donors (Lipinski definition) is 1. The quantitative estimate of drug-likeness (QED) is 0.643. The van der Waals surface area contributed by atoms with Crippen LogP contribution in [-0.2, 0) is 9.53 Å². The molecule has 2 aromatic carbocycles. The molecule has 1 aliphatic rings. The van der Waals surface area contributed by atoms with Crippen molar-refractivity contribution in [2.24, 2.45) is 0 Å². The highest BCUT2D eigenvalue weighted by Gasteiger charge is 2.32. The van der Waals surface area contributed by atoms with Gasteiger partial charge in [-0.25, -0.2) is 14.3 Å². The Labute approximate surface area is 179 Å². The number of aromatic nitrogens is 2. The van der Waals surface area contributed by atoms with Crippen molar-refractivity contribution in [3.63, 3.8) is 0 Å². The van der Waals surface area contributed by atoms with Crippen LogP contribution in [0.25, 0.3) is 16.9 Å². The fourth-order valence-corrected chi connectivity index (χ4v) is 3.42. The lowest BCUT2D eigenvalue weighted by atomic mass is 10.1. The molecule has 1 aromatic heterocycles. The van der Waals surface area contributed by atoms with Gasteiger partial charge in [-0.05, 0) is 32.0 Å². The Morgan fingerprint density at radius 2 is 1.90 bits per heavy atom. The average molecular weight is 418 g/mol. The van der Waals surface area contributed by atoms with Crippen LogP contribution in [0.1, 0.15) is 22.8 Å². The number of hydrogen-bond acceptors (Lipinski definition) is 5. The molecule has 31 heavy (non-hydrogen) atoms. The summed E-state index contributed by atoms with van der Waals surface area (Å²) >= 11 is 0. The third-order valence-electron chi connectivity index (χ3n) is 5.00. The number of aryl methyl sites for hydroxylation is 1. The van der Waals surface area contributed by atoms with Crippen molar-refractivity contribution < 1.29 is 19.1 Å². The van der Waals surface area contributed by atoms with Crippen molar-refractivity contribution in [2.45, 2.75) is 20.0 Å². The number of carbonyl (C=O) groups excluding carboxylic acids is 3. The monoisotopic (exact) mass is 418 g/mol. The van der Waals surface area contributed by atoms with Crippen molar-refractivity contribution in [1.82, 2.24) is 20.0 Å². The van der Waals surface area contributed by atoms with Gasteiger partial charge in [-0.15, -0.1) is 0 Å². The second-order valence-electron chi connectivity index (χ2n) is 7.31. The molecule has 1 saturated heterocycles. The number of amides is 3. The number of imide groups is 1. The maximum Gasteiger partial charge on any atom is 0.342 e. The van der Waals surface area contributed by atoms with Crippen LogP contribution in [0.2, 0.25) is 0 Å². The van der Waals surface area contributed by atoms with E-state index in [1.165, 1.54) is 6.92 Å². The maximum atomic E-state index is 13.0. The van der Waals surface area contributed by atoms with E-state index >= 15 is 0 Å². The van der Waals surface area contributed by atoms with Gasteiger partial charge in [0.2, 0.25) is 0 Å². The smallest absolute Gasteiger partial charge is 0.342 e. The van der Waals surface area contributed by atoms with Crippen molar-refractivity contribution in [3.05, 3.63) is 71.9 Å². The highest BCUT2D eigenvalue weighted by molar-refractivity contribution is 6.01. The number of para-hydroxylation sites is 1. The fourth-order valence-electron chi connectivity index (χ4n) is 3.42. The first-order valence-electron chi connectivity index (χ1n) is 9.96. The molecule has 0 spiro atoms. The summed E-state index contributed by atoms with van der Waals surface area (Å²) in [5, 5.41) is 7.17. The number of benzene rings is 2. The van der Waals surface area contributed by atoms with Gasteiger partial charge in [0, 0.05) is 24.8 Å². The molecular formula is C23H22N4O4. The summed E-state index contributed by atoms with van der Waals surface area (Å²) in [6.07, 6.45) is 0.483. The molecule has 8 nitrogen and oxygen atoms in total. The van der Waals surface area contributed by atoms with E-state index in [4.69, 9.17) is 4.74 Å². The summed E-state index contributed by atoms with van der Waals surface area (Å²) in [6, 6.07) is 16.6. The van der Waals surface area contributed by atoms with Gasteiger partial charge in [-0.1, -0.05) is 42.0 Å². The SMILES string of the molecule is Cc1cccc(-c2nn(-c3ccccc3)cc2C(=O)O[C@@H](C)C(=O)N2CCNC2=O)c1. The Balaban J connectivity index is 1.65. The molecule has 0 bridgehead atoms. The number of rotatable bonds is 5. The van der Waals surface area contributed by atoms with Crippen molar-refractivity contribution in [2.75, 3.05) is 13.1 Å². The second-order valence-corrected chi connectivity index (χ2v) is 7.31. The van der Waals surface area contributed by atoms with Crippen LogP contribution in [-0.4, -0.2) is 51.8 Å². The lowest BCUT2D eigenvalue weighted by Gasteiger charge is -2.18. The topological polar surface area (TPSA) is 93.5 Å². The summed E-state index contributed by atoms with van der Waals surface area (Å²) < 4.78 is 7.04. The predicted molar refractivity (Wildman–Crippen MR) is 114 cm³/mol. The lowest BCUT2D eigenvalue weighted by molar-refractivity contribution is -0.136. The van der Waals surface area contributed by atoms with Crippen LogP contribution in [0, 0.1) is 6.92 Å². The van der Waals surface area contributed by atoms with E-state index in [1.807, 2.05) is 61.5 Å². The summed E-state index contributed by atoms with van der Waals surface area (Å²) in [7, 11) is 0. The zero-order valence-corrected chi connectivity index (χ0v) is 17.2. The van der Waals surface area contributed by atoms with Gasteiger partial charge in [-0.3, -0.25) is 9.69 Å². The largest absolute Gasteiger partial charge is 0.449 e. The molecule has 3 amide bonds. The summed E-state index contributed by atoms with van der Waals surface area (Å²) in [5.41, 5.74) is 3.26. The van der Waals surface area contributed by atoms with E-state index in [-0.39, 0.29) is 12.1 Å². The van der Waals surface area contributed by atoms with Crippen molar-refractivity contribution in [3.8, 4) is 16.9 Å². The van der Waals surface area contributed by atoms with E-state index in [0.717, 1.165) is 21.7 Å². The van der Waals surface area contributed by atoms with E-state index in [2.05, 4.69) is 10.4 Å². The highest BCUT2D eigenvalue weighted by Crippen LogP contribution is 2.26. The molecule has 1 fully saturated rings. The Morgan fingerprint density at radius 1 is 1.13 bits per heavy atom. The molecule has 0 saturated carbocycles. The molecule has 2 heterocycles. The molecule has 1 atom stereocenters. The number of esters is 1. The number of urea groups is 1. The number of nitrogens with zero attached hydrogens (tertiary/aromatic N) is 3. The molecule has 1 aliphatic heterocycles. The minimum atomic E-state index is -1.11. The molecule has 1 N–H and O–H groups in total. The van der Waals surface area contributed by atoms with Gasteiger partial charge in [0.05, 0.1) is 5.69 Å². The predicted octanol–water partition coefficient (Wildman–Crippen LogP) is 2.94. The van der Waals surface area contributed by atoms with Gasteiger partial charge < -0.3 is 10.1 Å². The van der Waals surface area contributed by atoms with Gasteiger partial charge in [-0.2, -0.15) is 5.10 Å². The molecule has 0 unspecified atom stereocenters. The van der Waals surface area contributed by atoms with Crippen LogP contribution < -0.4 is 5.32 Å². The second kappa shape index (κ2) is 8.43. The first-order valence-corrected chi connectivity index (χ1v) is 9.96. The van der Waals surface area contributed by atoms with Crippen LogP contribution in [0.15, 0.2) is 60.8 Å². The normalized spacial score (nSPS) is 14.3. The number of nitrogens with one attached hydrogen (secondary N) is 1. The highest BCUT2D eigenvalue weighted by atomic mass is 16.5. The van der Waals surface area contributed by atoms with E-state index in [9.17, 15) is 14.4 Å². The van der Waals surface area contributed by atoms with E-state index < -0.39 is 24.0 Å². The Bertz CT molecular complexity index is 1140. The Hall–Kier alpha value is -3.94. The summed E-state index contributed by atoms with van der Waals surface area (Å²) in [5.74, 6) is -1.24. The van der Waals surface area contributed by atoms with Gasteiger partial charge >= 0.3 is 12.0 Å². The zero-order chi connectivity index (χ0) is 22.0. The fraction of sp³-hybridized carbons (Fsp3) is 0.217. The molecule has 8 heteroatoms. The molecule has 4 rings (SSSR count). The van der Waals surface area contributed by atoms with Crippen LogP contribution in [0.3, 0.4) is 0 Å². The van der Waals surface area contributed by atoms with Crippen LogP contribution >= 0.6 is 0 Å². The van der Waals surface area contributed by atoms with Crippen LogP contribution in [0.5, 0.6) is 0 Å². The molecule has 3 aromatic rings. The van der Waals surface area contributed by atoms with Gasteiger partial charge in [0.1, 0.15) is 11.3 Å². The number of ether oxygens (including phenoxy) is 1. The molecule has 0 radical (unpaired) electrons. The summed E-state index contributed by atoms with van der Waals surface area (Å²) in [4.78, 5) is 38.3. The molecular weight excluding hydrogens is 396 g/mol. The summed E-state index contributed by atoms with van der Waals surface area (Å²) in [6.45, 7) is 4.05. The standard InChI is InChI=1S/C23H22N4O4/c1-15-7-6-8-17(13-15)20-19(14-27(25-20)18-9-4-3-5-10-18)22(29)31-16(2)21(28)26-12-11-24-23(26)30/h3-10,13-14,16H,11-12H2,1-2H3,(H,24,30)/t16-/m0/s1. The van der Waals surface area contributed by atoms with Crippen molar-refractivity contribution in [1.29, 1.82) is 0 Å².